The molecule has 0 aliphatic heterocycles. The molecule has 0 bridgehead atoms. The number of hydrogen-bond donors (Lipinski definition) is 1. The SMILES string of the molecule is CCNCc1cccc2c1ccn2Cc1c(C)noc1C. The highest BCUT2D eigenvalue weighted by Crippen LogP contribution is 2.23. The Labute approximate surface area is 124 Å². The molecule has 0 aliphatic carbocycles. The molecular weight excluding hydrogens is 262 g/mol. The third-order valence-corrected chi connectivity index (χ3v) is 3.98. The largest absolute Gasteiger partial charge is 0.361 e. The molecule has 3 rings (SSSR count). The number of nitrogens with one attached hydrogen (secondary N) is 1. The summed E-state index contributed by atoms with van der Waals surface area (Å²) in [6.07, 6.45) is 2.14. The van der Waals surface area contributed by atoms with Gasteiger partial charge in [0.15, 0.2) is 0 Å². The maximum Gasteiger partial charge on any atom is 0.138 e. The fourth-order valence-corrected chi connectivity index (χ4v) is 2.74. The molecule has 0 radical (unpaired) electrons. The predicted molar refractivity (Wildman–Crippen MR) is 84.4 cm³/mol. The van der Waals surface area contributed by atoms with Crippen LogP contribution in [0.4, 0.5) is 0 Å². The van der Waals surface area contributed by atoms with E-state index in [-0.39, 0.29) is 0 Å². The van der Waals surface area contributed by atoms with Gasteiger partial charge in [-0.25, -0.2) is 0 Å². The minimum atomic E-state index is 0.801. The number of benzene rings is 1. The van der Waals surface area contributed by atoms with Crippen LogP contribution >= 0.6 is 0 Å². The molecule has 0 unspecified atom stereocenters. The third kappa shape index (κ3) is 2.59. The maximum atomic E-state index is 5.26. The van der Waals surface area contributed by atoms with Gasteiger partial charge in [-0.3, -0.25) is 0 Å². The van der Waals surface area contributed by atoms with E-state index in [1.807, 2.05) is 13.8 Å². The van der Waals surface area contributed by atoms with Crippen LogP contribution in [0, 0.1) is 13.8 Å². The first-order valence-corrected chi connectivity index (χ1v) is 7.40. The van der Waals surface area contributed by atoms with E-state index in [0.29, 0.717) is 0 Å². The lowest BCUT2D eigenvalue weighted by molar-refractivity contribution is 0.392. The smallest absolute Gasteiger partial charge is 0.138 e. The number of hydrogen-bond acceptors (Lipinski definition) is 3. The number of aryl methyl sites for hydroxylation is 2. The minimum absolute atomic E-state index is 0.801. The van der Waals surface area contributed by atoms with Gasteiger partial charge in [-0.05, 0) is 38.1 Å². The fourth-order valence-electron chi connectivity index (χ4n) is 2.74. The van der Waals surface area contributed by atoms with Gasteiger partial charge < -0.3 is 14.4 Å². The Morgan fingerprint density at radius 2 is 2.10 bits per heavy atom. The lowest BCUT2D eigenvalue weighted by atomic mass is 10.1. The molecule has 0 amide bonds. The van der Waals surface area contributed by atoms with Crippen LogP contribution in [0.15, 0.2) is 35.0 Å². The topological polar surface area (TPSA) is 43.0 Å². The first kappa shape index (κ1) is 13.9. The van der Waals surface area contributed by atoms with E-state index in [4.69, 9.17) is 4.52 Å². The van der Waals surface area contributed by atoms with E-state index in [0.717, 1.165) is 31.1 Å². The van der Waals surface area contributed by atoms with Crippen LogP contribution in [-0.4, -0.2) is 16.3 Å². The molecule has 110 valence electrons. The fraction of sp³-hybridized carbons (Fsp3) is 0.353. The zero-order valence-electron chi connectivity index (χ0n) is 12.8. The second-order valence-electron chi connectivity index (χ2n) is 5.38. The molecule has 0 saturated heterocycles. The van der Waals surface area contributed by atoms with Crippen LogP contribution in [0.5, 0.6) is 0 Å². The minimum Gasteiger partial charge on any atom is -0.361 e. The summed E-state index contributed by atoms with van der Waals surface area (Å²) < 4.78 is 7.52. The van der Waals surface area contributed by atoms with E-state index in [1.165, 1.54) is 22.0 Å². The van der Waals surface area contributed by atoms with Gasteiger partial charge in [-0.2, -0.15) is 0 Å². The van der Waals surface area contributed by atoms with Crippen molar-refractivity contribution in [2.45, 2.75) is 33.9 Å². The van der Waals surface area contributed by atoms with Crippen molar-refractivity contribution < 1.29 is 4.52 Å². The van der Waals surface area contributed by atoms with E-state index >= 15 is 0 Å². The molecule has 0 atom stereocenters. The molecule has 21 heavy (non-hydrogen) atoms. The second-order valence-corrected chi connectivity index (χ2v) is 5.38. The Morgan fingerprint density at radius 1 is 1.24 bits per heavy atom. The van der Waals surface area contributed by atoms with Crippen molar-refractivity contribution in [2.24, 2.45) is 0 Å². The molecule has 4 nitrogen and oxygen atoms in total. The van der Waals surface area contributed by atoms with Crippen molar-refractivity contribution in [3.8, 4) is 0 Å². The molecule has 0 spiro atoms. The van der Waals surface area contributed by atoms with Crippen molar-refractivity contribution in [3.63, 3.8) is 0 Å². The van der Waals surface area contributed by atoms with Gasteiger partial charge in [0.1, 0.15) is 5.76 Å². The monoisotopic (exact) mass is 283 g/mol. The summed E-state index contributed by atoms with van der Waals surface area (Å²) in [6, 6.07) is 8.67. The van der Waals surface area contributed by atoms with Gasteiger partial charge in [-0.15, -0.1) is 0 Å². The molecule has 1 aromatic carbocycles. The van der Waals surface area contributed by atoms with Crippen LogP contribution in [0.2, 0.25) is 0 Å². The van der Waals surface area contributed by atoms with Crippen LogP contribution in [0.1, 0.15) is 29.5 Å². The van der Waals surface area contributed by atoms with E-state index in [9.17, 15) is 0 Å². The molecule has 0 saturated carbocycles. The molecule has 1 N–H and O–H groups in total. The first-order valence-electron chi connectivity index (χ1n) is 7.40. The van der Waals surface area contributed by atoms with Gasteiger partial charge in [0.05, 0.1) is 12.2 Å². The number of rotatable bonds is 5. The maximum absolute atomic E-state index is 5.26. The third-order valence-electron chi connectivity index (χ3n) is 3.98. The van der Waals surface area contributed by atoms with E-state index < -0.39 is 0 Å². The Kier molecular flexibility index (Phi) is 3.80. The van der Waals surface area contributed by atoms with Gasteiger partial charge in [0, 0.05) is 29.2 Å². The van der Waals surface area contributed by atoms with Crippen molar-refractivity contribution in [2.75, 3.05) is 6.54 Å². The molecule has 4 heteroatoms. The molecular formula is C17H21N3O. The van der Waals surface area contributed by atoms with Crippen LogP contribution in [-0.2, 0) is 13.1 Å². The van der Waals surface area contributed by atoms with Crippen molar-refractivity contribution >= 4 is 10.9 Å². The number of aromatic nitrogens is 2. The quantitative estimate of drug-likeness (QED) is 0.780. The Morgan fingerprint density at radius 3 is 2.81 bits per heavy atom. The highest BCUT2D eigenvalue weighted by atomic mass is 16.5. The summed E-state index contributed by atoms with van der Waals surface area (Å²) >= 11 is 0. The molecule has 2 heterocycles. The summed E-state index contributed by atoms with van der Waals surface area (Å²) in [7, 11) is 0. The van der Waals surface area contributed by atoms with Crippen molar-refractivity contribution in [1.29, 1.82) is 0 Å². The summed E-state index contributed by atoms with van der Waals surface area (Å²) in [4.78, 5) is 0. The Bertz CT molecular complexity index is 735. The van der Waals surface area contributed by atoms with Crippen LogP contribution in [0.25, 0.3) is 10.9 Å². The average molecular weight is 283 g/mol. The van der Waals surface area contributed by atoms with Gasteiger partial charge in [0.25, 0.3) is 0 Å². The van der Waals surface area contributed by atoms with E-state index in [1.54, 1.807) is 0 Å². The van der Waals surface area contributed by atoms with Crippen LogP contribution in [0.3, 0.4) is 0 Å². The molecule has 0 fully saturated rings. The number of nitrogens with zero attached hydrogens (tertiary/aromatic N) is 2. The summed E-state index contributed by atoms with van der Waals surface area (Å²) in [5, 5.41) is 8.74. The highest BCUT2D eigenvalue weighted by molar-refractivity contribution is 5.83. The highest BCUT2D eigenvalue weighted by Gasteiger charge is 2.11. The molecule has 2 aromatic heterocycles. The zero-order valence-corrected chi connectivity index (χ0v) is 12.8. The zero-order chi connectivity index (χ0) is 14.8. The van der Waals surface area contributed by atoms with Crippen molar-refractivity contribution in [1.82, 2.24) is 15.0 Å². The van der Waals surface area contributed by atoms with Gasteiger partial charge in [0.2, 0.25) is 0 Å². The Balaban J connectivity index is 1.97. The first-order chi connectivity index (χ1) is 10.2. The van der Waals surface area contributed by atoms with Gasteiger partial charge >= 0.3 is 0 Å². The van der Waals surface area contributed by atoms with Crippen molar-refractivity contribution in [3.05, 3.63) is 53.0 Å². The summed E-state index contributed by atoms with van der Waals surface area (Å²) in [6.45, 7) is 8.78. The average Bonchev–Trinajstić information content (AvgIpc) is 3.04. The predicted octanol–water partition coefficient (Wildman–Crippen LogP) is 3.40. The van der Waals surface area contributed by atoms with Crippen LogP contribution < -0.4 is 5.32 Å². The molecule has 0 aliphatic rings. The molecule has 3 aromatic rings. The normalized spacial score (nSPS) is 11.4. The lowest BCUT2D eigenvalue weighted by Gasteiger charge is -2.07. The standard InChI is InChI=1S/C17H21N3O/c1-4-18-10-14-6-5-7-17-15(14)8-9-20(17)11-16-12(2)19-21-13(16)3/h5-9,18H,4,10-11H2,1-3H3. The number of fused-ring (bicyclic) bond motifs is 1. The lowest BCUT2D eigenvalue weighted by Crippen LogP contribution is -2.11. The van der Waals surface area contributed by atoms with E-state index in [2.05, 4.69) is 52.4 Å². The summed E-state index contributed by atoms with van der Waals surface area (Å²) in [5.41, 5.74) is 4.74. The second kappa shape index (κ2) is 5.74. The Hall–Kier alpha value is -2.07. The van der Waals surface area contributed by atoms with Gasteiger partial charge in [-0.1, -0.05) is 24.2 Å². The summed E-state index contributed by atoms with van der Waals surface area (Å²) in [5.74, 6) is 0.901.